The number of piperidine rings is 1. The van der Waals surface area contributed by atoms with Crippen molar-refractivity contribution in [2.24, 2.45) is 5.92 Å². The summed E-state index contributed by atoms with van der Waals surface area (Å²) in [6.07, 6.45) is 2.73. The van der Waals surface area contributed by atoms with Crippen LogP contribution in [0.1, 0.15) is 41.6 Å². The van der Waals surface area contributed by atoms with Crippen LogP contribution in [0.25, 0.3) is 0 Å². The molecule has 2 aliphatic heterocycles. The van der Waals surface area contributed by atoms with Gasteiger partial charge >= 0.3 is 5.97 Å². The molecular weight excluding hydrogens is 368 g/mol. The van der Waals surface area contributed by atoms with E-state index in [0.29, 0.717) is 50.1 Å². The summed E-state index contributed by atoms with van der Waals surface area (Å²) in [5.41, 5.74) is 1.97. The smallest absolute Gasteiger partial charge is 0.308 e. The molecule has 2 aliphatic rings. The van der Waals surface area contributed by atoms with Crippen molar-refractivity contribution in [1.29, 1.82) is 0 Å². The predicted octanol–water partition coefficient (Wildman–Crippen LogP) is 1.95. The molecule has 0 unspecified atom stereocenters. The van der Waals surface area contributed by atoms with E-state index < -0.39 is 10.0 Å². The first kappa shape index (κ1) is 19.7. The van der Waals surface area contributed by atoms with Crippen LogP contribution in [-0.4, -0.2) is 57.7 Å². The number of sulfonamides is 1. The Kier molecular flexibility index (Phi) is 5.74. The summed E-state index contributed by atoms with van der Waals surface area (Å²) < 4.78 is 30.9. The van der Waals surface area contributed by atoms with E-state index in [2.05, 4.69) is 0 Å². The van der Waals surface area contributed by atoms with Crippen LogP contribution in [0.15, 0.2) is 18.2 Å². The number of hydrogen-bond acceptors (Lipinski definition) is 5. The summed E-state index contributed by atoms with van der Waals surface area (Å²) in [5, 5.41) is 0. The third-order valence-corrected chi connectivity index (χ3v) is 7.23. The second-order valence-electron chi connectivity index (χ2n) is 7.19. The molecule has 148 valence electrons. The first-order valence-electron chi connectivity index (χ1n) is 9.31. The van der Waals surface area contributed by atoms with E-state index in [1.54, 1.807) is 23.1 Å². The lowest BCUT2D eigenvalue weighted by atomic mass is 9.96. The van der Waals surface area contributed by atoms with Crippen molar-refractivity contribution in [3.05, 3.63) is 29.3 Å². The molecule has 0 saturated carbocycles. The molecule has 7 nitrogen and oxygen atoms in total. The predicted molar refractivity (Wildman–Crippen MR) is 102 cm³/mol. The zero-order valence-electron chi connectivity index (χ0n) is 15.8. The van der Waals surface area contributed by atoms with Crippen LogP contribution in [0.2, 0.25) is 0 Å². The Morgan fingerprint density at radius 2 is 1.81 bits per heavy atom. The highest BCUT2D eigenvalue weighted by Gasteiger charge is 2.30. The average Bonchev–Trinajstić information content (AvgIpc) is 2.67. The summed E-state index contributed by atoms with van der Waals surface area (Å²) >= 11 is 0. The van der Waals surface area contributed by atoms with Crippen LogP contribution < -0.4 is 4.31 Å². The molecule has 2 fully saturated rings. The van der Waals surface area contributed by atoms with Crippen LogP contribution in [0.4, 0.5) is 5.69 Å². The summed E-state index contributed by atoms with van der Waals surface area (Å²) in [6.45, 7) is 3.34. The third kappa shape index (κ3) is 4.10. The molecule has 0 N–H and O–H groups in total. The zero-order chi connectivity index (χ0) is 19.6. The number of hydrogen-bond donors (Lipinski definition) is 0. The lowest BCUT2D eigenvalue weighted by Gasteiger charge is -2.31. The normalized spacial score (nSPS) is 20.4. The minimum atomic E-state index is -3.28. The van der Waals surface area contributed by atoms with Gasteiger partial charge in [-0.1, -0.05) is 0 Å². The van der Waals surface area contributed by atoms with Crippen LogP contribution in [0.3, 0.4) is 0 Å². The Morgan fingerprint density at radius 3 is 2.41 bits per heavy atom. The number of amides is 1. The van der Waals surface area contributed by atoms with E-state index in [-0.39, 0.29) is 23.5 Å². The number of nitrogens with zero attached hydrogens (tertiary/aromatic N) is 2. The van der Waals surface area contributed by atoms with Gasteiger partial charge in [-0.15, -0.1) is 0 Å². The van der Waals surface area contributed by atoms with Crippen LogP contribution in [0.5, 0.6) is 0 Å². The van der Waals surface area contributed by atoms with E-state index in [1.165, 1.54) is 11.4 Å². The number of ether oxygens (including phenoxy) is 1. The number of likely N-dealkylation sites (tertiary alicyclic amines) is 1. The second kappa shape index (κ2) is 7.88. The number of aryl methyl sites for hydroxylation is 1. The first-order chi connectivity index (χ1) is 12.8. The van der Waals surface area contributed by atoms with Gasteiger partial charge in [0.2, 0.25) is 10.0 Å². The molecule has 1 aromatic rings. The molecule has 3 rings (SSSR count). The Labute approximate surface area is 160 Å². The number of rotatable bonds is 3. The minimum absolute atomic E-state index is 0.0885. The topological polar surface area (TPSA) is 84.0 Å². The van der Waals surface area contributed by atoms with Gasteiger partial charge in [-0.25, -0.2) is 8.42 Å². The molecule has 0 bridgehead atoms. The van der Waals surface area contributed by atoms with Gasteiger partial charge in [-0.05, 0) is 56.4 Å². The molecule has 8 heteroatoms. The van der Waals surface area contributed by atoms with Gasteiger partial charge in [0.15, 0.2) is 0 Å². The van der Waals surface area contributed by atoms with Gasteiger partial charge in [0.05, 0.1) is 24.5 Å². The molecule has 0 atom stereocenters. The van der Waals surface area contributed by atoms with Crippen molar-refractivity contribution < 1.29 is 22.7 Å². The fraction of sp³-hybridized carbons (Fsp3) is 0.579. The number of methoxy groups -OCH3 is 1. The standard InChI is InChI=1S/C19H26N2O5S/c1-14-13-16(5-6-17(14)21-9-3-4-12-27(21,24)25)18(22)20-10-7-15(8-11-20)19(23)26-2/h5-6,13,15H,3-4,7-12H2,1-2H3. The molecular formula is C19H26N2O5S. The van der Waals surface area contributed by atoms with E-state index >= 15 is 0 Å². The lowest BCUT2D eigenvalue weighted by Crippen LogP contribution is -2.40. The highest BCUT2D eigenvalue weighted by atomic mass is 32.2. The first-order valence-corrected chi connectivity index (χ1v) is 10.9. The zero-order valence-corrected chi connectivity index (χ0v) is 16.6. The Bertz CT molecular complexity index is 829. The van der Waals surface area contributed by atoms with Gasteiger partial charge < -0.3 is 9.64 Å². The van der Waals surface area contributed by atoms with E-state index in [4.69, 9.17) is 4.74 Å². The lowest BCUT2D eigenvalue weighted by molar-refractivity contribution is -0.146. The summed E-state index contributed by atoms with van der Waals surface area (Å²) in [6, 6.07) is 5.18. The van der Waals surface area contributed by atoms with Crippen LogP contribution >= 0.6 is 0 Å². The summed E-state index contributed by atoms with van der Waals surface area (Å²) in [4.78, 5) is 26.2. The summed E-state index contributed by atoms with van der Waals surface area (Å²) in [7, 11) is -1.89. The van der Waals surface area contributed by atoms with Crippen LogP contribution in [0, 0.1) is 12.8 Å². The SMILES string of the molecule is COC(=O)C1CCN(C(=O)c2ccc(N3CCCCS3(=O)=O)c(C)c2)CC1. The van der Waals surface area contributed by atoms with E-state index in [1.807, 2.05) is 6.92 Å². The maximum Gasteiger partial charge on any atom is 0.308 e. The number of benzene rings is 1. The summed E-state index contributed by atoms with van der Waals surface area (Å²) in [5.74, 6) is -0.283. The van der Waals surface area contributed by atoms with Gasteiger partial charge in [-0.3, -0.25) is 13.9 Å². The van der Waals surface area contributed by atoms with E-state index in [0.717, 1.165) is 12.0 Å². The molecule has 2 saturated heterocycles. The second-order valence-corrected chi connectivity index (χ2v) is 9.20. The molecule has 1 aromatic carbocycles. The number of anilines is 1. The molecule has 0 aliphatic carbocycles. The van der Waals surface area contributed by atoms with Crippen molar-refractivity contribution in [2.75, 3.05) is 36.8 Å². The monoisotopic (exact) mass is 394 g/mol. The highest BCUT2D eigenvalue weighted by Crippen LogP contribution is 2.28. The fourth-order valence-corrected chi connectivity index (χ4v) is 5.50. The molecule has 0 radical (unpaired) electrons. The Morgan fingerprint density at radius 1 is 1.11 bits per heavy atom. The van der Waals surface area contributed by atoms with Gasteiger partial charge in [0.1, 0.15) is 0 Å². The number of esters is 1. The largest absolute Gasteiger partial charge is 0.469 e. The average molecular weight is 394 g/mol. The molecule has 0 aromatic heterocycles. The van der Waals surface area contributed by atoms with Crippen molar-refractivity contribution in [3.8, 4) is 0 Å². The third-order valence-electron chi connectivity index (χ3n) is 5.38. The van der Waals surface area contributed by atoms with Crippen molar-refractivity contribution >= 4 is 27.6 Å². The molecule has 2 heterocycles. The fourth-order valence-electron chi connectivity index (χ4n) is 3.80. The van der Waals surface area contributed by atoms with Gasteiger partial charge in [-0.2, -0.15) is 0 Å². The highest BCUT2D eigenvalue weighted by molar-refractivity contribution is 7.92. The number of carbonyl (C=O) groups is 2. The van der Waals surface area contributed by atoms with Gasteiger partial charge in [0, 0.05) is 25.2 Å². The Balaban J connectivity index is 1.72. The van der Waals surface area contributed by atoms with Crippen molar-refractivity contribution in [1.82, 2.24) is 4.90 Å². The van der Waals surface area contributed by atoms with Crippen LogP contribution in [-0.2, 0) is 19.6 Å². The maximum absolute atomic E-state index is 12.8. The Hall–Kier alpha value is -2.09. The van der Waals surface area contributed by atoms with Crippen molar-refractivity contribution in [3.63, 3.8) is 0 Å². The van der Waals surface area contributed by atoms with Gasteiger partial charge in [0.25, 0.3) is 5.91 Å². The maximum atomic E-state index is 12.8. The molecule has 27 heavy (non-hydrogen) atoms. The molecule has 0 spiro atoms. The number of carbonyl (C=O) groups excluding carboxylic acids is 2. The van der Waals surface area contributed by atoms with E-state index in [9.17, 15) is 18.0 Å². The minimum Gasteiger partial charge on any atom is -0.469 e. The quantitative estimate of drug-likeness (QED) is 0.732. The van der Waals surface area contributed by atoms with Crippen molar-refractivity contribution in [2.45, 2.75) is 32.6 Å². The molecule has 1 amide bonds.